The monoisotopic (exact) mass is 227 g/mol. The first-order valence-electron chi connectivity index (χ1n) is 4.79. The highest BCUT2D eigenvalue weighted by atomic mass is 32.2. The van der Waals surface area contributed by atoms with Gasteiger partial charge in [0.2, 0.25) is 0 Å². The Labute approximate surface area is 92.4 Å². The molecule has 1 N–H and O–H groups in total. The van der Waals surface area contributed by atoms with E-state index in [9.17, 15) is 9.59 Å². The van der Waals surface area contributed by atoms with Gasteiger partial charge in [0.1, 0.15) is 5.25 Å². The number of carbonyl (C=O) groups excluding carboxylic acids is 2. The molecule has 0 aromatic carbocycles. The number of cyclic esters (lactones) is 2. The molecule has 5 heteroatoms. The summed E-state index contributed by atoms with van der Waals surface area (Å²) in [6.07, 6.45) is 1.31. The van der Waals surface area contributed by atoms with Crippen LogP contribution < -0.4 is 5.32 Å². The van der Waals surface area contributed by atoms with Crippen molar-refractivity contribution in [1.82, 2.24) is 5.32 Å². The smallest absolute Gasteiger partial charge is 0.375 e. The van der Waals surface area contributed by atoms with Gasteiger partial charge in [0.15, 0.2) is 0 Å². The van der Waals surface area contributed by atoms with Crippen molar-refractivity contribution >= 4 is 23.8 Å². The molecule has 0 saturated carbocycles. The largest absolute Gasteiger partial charge is 0.415 e. The number of nitrogens with one attached hydrogen (secondary N) is 1. The summed E-state index contributed by atoms with van der Waals surface area (Å²) in [5.74, 6) is -0.441. The van der Waals surface area contributed by atoms with E-state index in [1.165, 1.54) is 11.8 Å². The molecule has 1 fully saturated rings. The second-order valence-electron chi connectivity index (χ2n) is 4.70. The Morgan fingerprint density at radius 1 is 1.40 bits per heavy atom. The highest BCUT2D eigenvalue weighted by molar-refractivity contribution is 8.04. The van der Waals surface area contributed by atoms with E-state index < -0.39 is 12.1 Å². The second-order valence-corrected chi connectivity index (χ2v) is 5.88. The highest BCUT2D eigenvalue weighted by Gasteiger charge is 2.43. The summed E-state index contributed by atoms with van der Waals surface area (Å²) in [6, 6.07) is -0.210. The Morgan fingerprint density at radius 3 is 2.67 bits per heavy atom. The molecule has 0 aromatic heterocycles. The fraction of sp³-hybridized carbons (Fsp3) is 0.600. The van der Waals surface area contributed by atoms with Gasteiger partial charge in [-0.3, -0.25) is 4.79 Å². The molecule has 82 valence electrons. The quantitative estimate of drug-likeness (QED) is 0.505. The van der Waals surface area contributed by atoms with Crippen LogP contribution in [0.5, 0.6) is 0 Å². The Morgan fingerprint density at radius 2 is 2.07 bits per heavy atom. The van der Waals surface area contributed by atoms with Gasteiger partial charge in [-0.2, -0.15) is 0 Å². The second kappa shape index (κ2) is 3.27. The van der Waals surface area contributed by atoms with E-state index in [1.807, 2.05) is 6.08 Å². The Hall–Kier alpha value is -0.970. The van der Waals surface area contributed by atoms with Crippen LogP contribution in [-0.4, -0.2) is 23.4 Å². The lowest BCUT2D eigenvalue weighted by molar-refractivity contribution is -0.138. The van der Waals surface area contributed by atoms with E-state index in [4.69, 9.17) is 0 Å². The van der Waals surface area contributed by atoms with Gasteiger partial charge in [0.25, 0.3) is 0 Å². The maximum absolute atomic E-state index is 11.4. The van der Waals surface area contributed by atoms with Crippen LogP contribution in [0.3, 0.4) is 0 Å². The minimum atomic E-state index is -0.645. The van der Waals surface area contributed by atoms with E-state index in [-0.39, 0.29) is 16.7 Å². The number of fused-ring (bicyclic) bond motifs is 1. The maximum Gasteiger partial charge on any atom is 0.415 e. The zero-order chi connectivity index (χ0) is 11.2. The lowest BCUT2D eigenvalue weighted by Gasteiger charge is -2.23. The van der Waals surface area contributed by atoms with Crippen LogP contribution in [0.4, 0.5) is 4.79 Å². The van der Waals surface area contributed by atoms with Crippen molar-refractivity contribution in [2.75, 3.05) is 0 Å². The van der Waals surface area contributed by atoms with Gasteiger partial charge < -0.3 is 10.1 Å². The van der Waals surface area contributed by atoms with Gasteiger partial charge in [-0.1, -0.05) is 26.8 Å². The average Bonchev–Trinajstić information content (AvgIpc) is 2.46. The number of rotatable bonds is 0. The Kier molecular flexibility index (Phi) is 2.30. The molecule has 4 nitrogen and oxygen atoms in total. The molecular formula is C10H13NO3S. The number of amides is 1. The fourth-order valence-corrected chi connectivity index (χ4v) is 2.84. The summed E-state index contributed by atoms with van der Waals surface area (Å²) in [6.45, 7) is 6.24. The molecule has 2 unspecified atom stereocenters. The number of hydrogen-bond acceptors (Lipinski definition) is 4. The van der Waals surface area contributed by atoms with Gasteiger partial charge in [0.05, 0.1) is 6.04 Å². The van der Waals surface area contributed by atoms with Crippen LogP contribution in [0.2, 0.25) is 0 Å². The summed E-state index contributed by atoms with van der Waals surface area (Å²) in [4.78, 5) is 23.5. The van der Waals surface area contributed by atoms with Crippen molar-refractivity contribution in [3.63, 3.8) is 0 Å². The van der Waals surface area contributed by atoms with E-state index >= 15 is 0 Å². The predicted octanol–water partition coefficient (Wildman–Crippen LogP) is 1.67. The highest BCUT2D eigenvalue weighted by Crippen LogP contribution is 2.44. The molecule has 15 heavy (non-hydrogen) atoms. The topological polar surface area (TPSA) is 55.4 Å². The predicted molar refractivity (Wildman–Crippen MR) is 57.3 cm³/mol. The Bertz CT molecular complexity index is 356. The third-order valence-corrected chi connectivity index (χ3v) is 4.10. The van der Waals surface area contributed by atoms with Crippen molar-refractivity contribution in [1.29, 1.82) is 0 Å². The SMILES string of the molecule is CC(C)(C)C1=CC2NC(=O)OC(=O)C2S1. The van der Waals surface area contributed by atoms with E-state index in [2.05, 4.69) is 30.8 Å². The number of ether oxygens (including phenoxy) is 1. The van der Waals surface area contributed by atoms with Crippen molar-refractivity contribution in [3.8, 4) is 0 Å². The molecule has 1 amide bonds. The van der Waals surface area contributed by atoms with E-state index in [1.54, 1.807) is 0 Å². The first-order valence-corrected chi connectivity index (χ1v) is 5.67. The van der Waals surface area contributed by atoms with Crippen molar-refractivity contribution < 1.29 is 14.3 Å². The van der Waals surface area contributed by atoms with Crippen LogP contribution in [0.25, 0.3) is 0 Å². The number of esters is 1. The van der Waals surface area contributed by atoms with Gasteiger partial charge in [0, 0.05) is 0 Å². The van der Waals surface area contributed by atoms with Gasteiger partial charge in [-0.05, 0) is 10.3 Å². The van der Waals surface area contributed by atoms with E-state index in [0.717, 1.165) is 4.91 Å². The summed E-state index contributed by atoms with van der Waals surface area (Å²) < 4.78 is 4.52. The van der Waals surface area contributed by atoms with Crippen LogP contribution in [-0.2, 0) is 9.53 Å². The zero-order valence-corrected chi connectivity index (χ0v) is 9.68. The first-order chi connectivity index (χ1) is 6.88. The molecular weight excluding hydrogens is 214 g/mol. The van der Waals surface area contributed by atoms with Crippen LogP contribution in [0.15, 0.2) is 11.0 Å². The molecule has 0 bridgehead atoms. The number of thioether (sulfide) groups is 1. The molecule has 0 spiro atoms. The molecule has 0 aromatic rings. The summed E-state index contributed by atoms with van der Waals surface area (Å²) in [5.41, 5.74) is 0.00696. The molecule has 2 aliphatic rings. The number of allylic oxidation sites excluding steroid dienone is 1. The molecule has 2 atom stereocenters. The standard InChI is InChI=1S/C10H13NO3S/c1-10(2,3)6-4-5-7(15-6)8(12)14-9(13)11-5/h4-5,7H,1-3H3,(H,11,13). The number of alkyl carbamates (subject to hydrolysis) is 1. The van der Waals surface area contributed by atoms with Crippen LogP contribution >= 0.6 is 11.8 Å². The minimum Gasteiger partial charge on any atom is -0.375 e. The van der Waals surface area contributed by atoms with Gasteiger partial charge >= 0.3 is 12.1 Å². The van der Waals surface area contributed by atoms with E-state index in [0.29, 0.717) is 0 Å². The molecule has 0 aliphatic carbocycles. The van der Waals surface area contributed by atoms with Crippen LogP contribution in [0, 0.1) is 5.41 Å². The molecule has 1 saturated heterocycles. The van der Waals surface area contributed by atoms with Crippen molar-refractivity contribution in [3.05, 3.63) is 11.0 Å². The third kappa shape index (κ3) is 1.88. The van der Waals surface area contributed by atoms with Crippen molar-refractivity contribution in [2.45, 2.75) is 32.1 Å². The zero-order valence-electron chi connectivity index (χ0n) is 8.87. The lowest BCUT2D eigenvalue weighted by atomic mass is 9.94. The van der Waals surface area contributed by atoms with Gasteiger partial charge in [-0.15, -0.1) is 11.8 Å². The maximum atomic E-state index is 11.4. The molecule has 2 heterocycles. The van der Waals surface area contributed by atoms with Gasteiger partial charge in [-0.25, -0.2) is 4.79 Å². The number of hydrogen-bond donors (Lipinski definition) is 1. The average molecular weight is 227 g/mol. The summed E-state index contributed by atoms with van der Waals surface area (Å²) in [7, 11) is 0. The number of carbonyl (C=O) groups is 2. The van der Waals surface area contributed by atoms with Crippen molar-refractivity contribution in [2.24, 2.45) is 5.41 Å². The lowest BCUT2D eigenvalue weighted by Crippen LogP contribution is -2.50. The molecule has 2 rings (SSSR count). The molecule has 2 aliphatic heterocycles. The summed E-state index contributed by atoms with van der Waals surface area (Å²) in [5, 5.41) is 2.32. The first kappa shape index (κ1) is 10.5. The molecule has 0 radical (unpaired) electrons. The van der Waals surface area contributed by atoms with Crippen LogP contribution in [0.1, 0.15) is 20.8 Å². The normalized spacial score (nSPS) is 30.5. The fourth-order valence-electron chi connectivity index (χ4n) is 1.55. The third-order valence-electron chi connectivity index (χ3n) is 2.36. The minimum absolute atomic E-state index is 0.00696. The summed E-state index contributed by atoms with van der Waals surface area (Å²) >= 11 is 1.48. The Balaban J connectivity index is 2.22.